The molecule has 88 valence electrons. The third kappa shape index (κ3) is 4.20. The van der Waals surface area contributed by atoms with Crippen LogP contribution in [0, 0.1) is 11.8 Å². The minimum absolute atomic E-state index is 0.267. The van der Waals surface area contributed by atoms with Crippen LogP contribution in [0.15, 0.2) is 0 Å². The third-order valence-electron chi connectivity index (χ3n) is 3.44. The molecule has 1 saturated carbocycles. The molecule has 1 aliphatic rings. The molecule has 0 aromatic rings. The summed E-state index contributed by atoms with van der Waals surface area (Å²) in [7, 11) is 0. The van der Waals surface area contributed by atoms with Crippen molar-refractivity contribution in [2.24, 2.45) is 17.6 Å². The molecule has 1 amide bonds. The lowest BCUT2D eigenvalue weighted by atomic mass is 10.0. The Morgan fingerprint density at radius 3 is 2.67 bits per heavy atom. The Labute approximate surface area is 92.8 Å². The van der Waals surface area contributed by atoms with Crippen molar-refractivity contribution in [1.29, 1.82) is 0 Å². The Kier molecular flexibility index (Phi) is 5.69. The summed E-state index contributed by atoms with van der Waals surface area (Å²) in [6, 6.07) is 0. The zero-order valence-corrected chi connectivity index (χ0v) is 9.80. The van der Waals surface area contributed by atoms with Crippen LogP contribution in [0.25, 0.3) is 0 Å². The second-order valence-electron chi connectivity index (χ2n) is 4.58. The van der Waals surface area contributed by atoms with Crippen molar-refractivity contribution in [3.05, 3.63) is 0 Å². The number of carbonyl (C=O) groups excluding carboxylic acids is 1. The SMILES string of the molecule is CCC(CCN)CNC(=O)C1CCCC1. The number of amides is 1. The Hall–Kier alpha value is -0.570. The zero-order valence-electron chi connectivity index (χ0n) is 9.80. The predicted molar refractivity (Wildman–Crippen MR) is 62.4 cm³/mol. The molecule has 0 aromatic heterocycles. The van der Waals surface area contributed by atoms with E-state index in [1.54, 1.807) is 0 Å². The summed E-state index contributed by atoms with van der Waals surface area (Å²) in [5.41, 5.74) is 5.52. The van der Waals surface area contributed by atoms with Gasteiger partial charge < -0.3 is 11.1 Å². The topological polar surface area (TPSA) is 55.1 Å². The Bertz CT molecular complexity index is 188. The summed E-state index contributed by atoms with van der Waals surface area (Å²) in [6.07, 6.45) is 6.72. The molecule has 0 saturated heterocycles. The summed E-state index contributed by atoms with van der Waals surface area (Å²) in [4.78, 5) is 11.7. The van der Waals surface area contributed by atoms with Crippen molar-refractivity contribution >= 4 is 5.91 Å². The van der Waals surface area contributed by atoms with E-state index in [2.05, 4.69) is 12.2 Å². The molecule has 0 spiro atoms. The molecule has 0 aliphatic heterocycles. The van der Waals surface area contributed by atoms with Gasteiger partial charge in [0.25, 0.3) is 0 Å². The van der Waals surface area contributed by atoms with Gasteiger partial charge in [-0.05, 0) is 31.7 Å². The van der Waals surface area contributed by atoms with Crippen molar-refractivity contribution in [3.8, 4) is 0 Å². The minimum Gasteiger partial charge on any atom is -0.356 e. The lowest BCUT2D eigenvalue weighted by molar-refractivity contribution is -0.125. The fraction of sp³-hybridized carbons (Fsp3) is 0.917. The van der Waals surface area contributed by atoms with Crippen LogP contribution in [0.2, 0.25) is 0 Å². The highest BCUT2D eigenvalue weighted by atomic mass is 16.1. The maximum atomic E-state index is 11.7. The molecule has 0 aromatic carbocycles. The molecular weight excluding hydrogens is 188 g/mol. The zero-order chi connectivity index (χ0) is 11.1. The average Bonchev–Trinajstić information content (AvgIpc) is 2.77. The molecule has 0 radical (unpaired) electrons. The minimum atomic E-state index is 0.267. The Morgan fingerprint density at radius 1 is 1.47 bits per heavy atom. The summed E-state index contributed by atoms with van der Waals surface area (Å²) in [5.74, 6) is 1.11. The fourth-order valence-electron chi connectivity index (χ4n) is 2.26. The first-order chi connectivity index (χ1) is 7.27. The fourth-order valence-corrected chi connectivity index (χ4v) is 2.26. The maximum Gasteiger partial charge on any atom is 0.223 e. The molecule has 3 nitrogen and oxygen atoms in total. The molecule has 1 aliphatic carbocycles. The highest BCUT2D eigenvalue weighted by Crippen LogP contribution is 2.24. The van der Waals surface area contributed by atoms with Gasteiger partial charge in [0.2, 0.25) is 5.91 Å². The number of hydrogen-bond acceptors (Lipinski definition) is 2. The molecule has 3 N–H and O–H groups in total. The van der Waals surface area contributed by atoms with E-state index in [0.29, 0.717) is 11.8 Å². The predicted octanol–water partition coefficient (Wildman–Crippen LogP) is 1.67. The summed E-state index contributed by atoms with van der Waals surface area (Å²) in [6.45, 7) is 3.68. The van der Waals surface area contributed by atoms with Crippen LogP contribution < -0.4 is 11.1 Å². The van der Waals surface area contributed by atoms with Gasteiger partial charge in [-0.15, -0.1) is 0 Å². The highest BCUT2D eigenvalue weighted by molar-refractivity contribution is 5.78. The van der Waals surface area contributed by atoms with Gasteiger partial charge in [0.15, 0.2) is 0 Å². The first-order valence-corrected chi connectivity index (χ1v) is 6.25. The van der Waals surface area contributed by atoms with Crippen LogP contribution in [0.5, 0.6) is 0 Å². The van der Waals surface area contributed by atoms with E-state index in [0.717, 1.165) is 38.8 Å². The van der Waals surface area contributed by atoms with Gasteiger partial charge in [0.1, 0.15) is 0 Å². The van der Waals surface area contributed by atoms with Crippen molar-refractivity contribution < 1.29 is 4.79 Å². The van der Waals surface area contributed by atoms with E-state index in [1.807, 2.05) is 0 Å². The van der Waals surface area contributed by atoms with Gasteiger partial charge >= 0.3 is 0 Å². The summed E-state index contributed by atoms with van der Waals surface area (Å²) >= 11 is 0. The quantitative estimate of drug-likeness (QED) is 0.703. The van der Waals surface area contributed by atoms with Gasteiger partial charge in [-0.25, -0.2) is 0 Å². The number of carbonyl (C=O) groups is 1. The van der Waals surface area contributed by atoms with E-state index in [1.165, 1.54) is 12.8 Å². The van der Waals surface area contributed by atoms with Gasteiger partial charge in [0.05, 0.1) is 0 Å². The van der Waals surface area contributed by atoms with E-state index in [-0.39, 0.29) is 5.91 Å². The van der Waals surface area contributed by atoms with E-state index in [4.69, 9.17) is 5.73 Å². The maximum absolute atomic E-state index is 11.7. The van der Waals surface area contributed by atoms with Gasteiger partial charge in [-0.3, -0.25) is 4.79 Å². The van der Waals surface area contributed by atoms with Crippen molar-refractivity contribution in [1.82, 2.24) is 5.32 Å². The molecule has 1 fully saturated rings. The lowest BCUT2D eigenvalue weighted by Crippen LogP contribution is -2.33. The van der Waals surface area contributed by atoms with Crippen LogP contribution in [0.4, 0.5) is 0 Å². The first kappa shape index (κ1) is 12.5. The Balaban J connectivity index is 2.19. The van der Waals surface area contributed by atoms with Crippen LogP contribution in [0.1, 0.15) is 45.4 Å². The van der Waals surface area contributed by atoms with Gasteiger partial charge in [-0.2, -0.15) is 0 Å². The van der Waals surface area contributed by atoms with Gasteiger partial charge in [-0.1, -0.05) is 26.2 Å². The molecule has 1 rings (SSSR count). The average molecular weight is 212 g/mol. The molecule has 15 heavy (non-hydrogen) atoms. The number of hydrogen-bond donors (Lipinski definition) is 2. The first-order valence-electron chi connectivity index (χ1n) is 6.25. The monoisotopic (exact) mass is 212 g/mol. The van der Waals surface area contributed by atoms with E-state index >= 15 is 0 Å². The second-order valence-corrected chi connectivity index (χ2v) is 4.58. The number of nitrogens with one attached hydrogen (secondary N) is 1. The third-order valence-corrected chi connectivity index (χ3v) is 3.44. The van der Waals surface area contributed by atoms with Crippen molar-refractivity contribution in [2.75, 3.05) is 13.1 Å². The molecule has 1 unspecified atom stereocenters. The molecule has 1 atom stereocenters. The smallest absolute Gasteiger partial charge is 0.223 e. The lowest BCUT2D eigenvalue weighted by Gasteiger charge is -2.16. The molecule has 0 heterocycles. The Morgan fingerprint density at radius 2 is 2.13 bits per heavy atom. The molecule has 0 bridgehead atoms. The number of rotatable bonds is 6. The summed E-state index contributed by atoms with van der Waals surface area (Å²) < 4.78 is 0. The highest BCUT2D eigenvalue weighted by Gasteiger charge is 2.22. The van der Waals surface area contributed by atoms with Crippen LogP contribution in [0.3, 0.4) is 0 Å². The normalized spacial score (nSPS) is 19.1. The van der Waals surface area contributed by atoms with E-state index in [9.17, 15) is 4.79 Å². The van der Waals surface area contributed by atoms with E-state index < -0.39 is 0 Å². The molecule has 3 heteroatoms. The van der Waals surface area contributed by atoms with Crippen molar-refractivity contribution in [3.63, 3.8) is 0 Å². The standard InChI is InChI=1S/C12H24N2O/c1-2-10(7-8-13)9-14-12(15)11-5-3-4-6-11/h10-11H,2-9,13H2,1H3,(H,14,15). The van der Waals surface area contributed by atoms with Crippen LogP contribution in [-0.4, -0.2) is 19.0 Å². The largest absolute Gasteiger partial charge is 0.356 e. The van der Waals surface area contributed by atoms with Crippen LogP contribution in [-0.2, 0) is 4.79 Å². The second kappa shape index (κ2) is 6.83. The van der Waals surface area contributed by atoms with Crippen LogP contribution >= 0.6 is 0 Å². The van der Waals surface area contributed by atoms with Crippen molar-refractivity contribution in [2.45, 2.75) is 45.4 Å². The summed E-state index contributed by atoms with van der Waals surface area (Å²) in [5, 5.41) is 3.07. The molecular formula is C12H24N2O. The van der Waals surface area contributed by atoms with Gasteiger partial charge in [0, 0.05) is 12.5 Å². The number of nitrogens with two attached hydrogens (primary N) is 1.